The fourth-order valence-electron chi connectivity index (χ4n) is 1.94. The molecule has 0 spiro atoms. The van der Waals surface area contributed by atoms with E-state index in [0.29, 0.717) is 0 Å². The first-order valence-electron chi connectivity index (χ1n) is 7.48. The third-order valence-electron chi connectivity index (χ3n) is 3.32. The molecule has 20 heavy (non-hydrogen) atoms. The Morgan fingerprint density at radius 3 is 1.65 bits per heavy atom. The van der Waals surface area contributed by atoms with Crippen molar-refractivity contribution in [2.24, 2.45) is 0 Å². The van der Waals surface area contributed by atoms with Crippen molar-refractivity contribution in [3.05, 3.63) is 0 Å². The van der Waals surface area contributed by atoms with Crippen LogP contribution in [0.1, 0.15) is 52.4 Å². The number of aliphatic hydroxyl groups is 5. The van der Waals surface area contributed by atoms with E-state index in [1.54, 1.807) is 0 Å². The van der Waals surface area contributed by atoms with Crippen LogP contribution in [-0.4, -0.2) is 62.8 Å². The van der Waals surface area contributed by atoms with Crippen LogP contribution in [0.25, 0.3) is 0 Å². The predicted molar refractivity (Wildman–Crippen MR) is 75.0 cm³/mol. The minimum atomic E-state index is -1.57. The van der Waals surface area contributed by atoms with Crippen molar-refractivity contribution in [3.63, 3.8) is 0 Å². The maximum atomic E-state index is 9.12. The molecule has 5 atom stereocenters. The van der Waals surface area contributed by atoms with Crippen molar-refractivity contribution < 1.29 is 30.3 Å². The first-order chi connectivity index (χ1) is 9.49. The van der Waals surface area contributed by atoms with E-state index in [1.165, 1.54) is 38.5 Å². The van der Waals surface area contributed by atoms with Crippen LogP contribution in [0.2, 0.25) is 0 Å². The largest absolute Gasteiger partial charge is 0.394 e. The lowest BCUT2D eigenvalue weighted by Crippen LogP contribution is -2.58. The van der Waals surface area contributed by atoms with E-state index in [4.69, 9.17) is 25.5 Å². The van der Waals surface area contributed by atoms with Crippen molar-refractivity contribution >= 4 is 0 Å². The topological polar surface area (TPSA) is 110 Å². The molecule has 0 bridgehead atoms. The number of hydrogen-bond acceptors (Lipinski definition) is 6. The molecule has 6 nitrogen and oxygen atoms in total. The van der Waals surface area contributed by atoms with Crippen LogP contribution in [-0.2, 0) is 4.74 Å². The maximum absolute atomic E-state index is 9.12. The van der Waals surface area contributed by atoms with Gasteiger partial charge in [-0.25, -0.2) is 0 Å². The van der Waals surface area contributed by atoms with E-state index in [0.717, 1.165) is 0 Å². The van der Waals surface area contributed by atoms with Crippen LogP contribution >= 0.6 is 0 Å². The van der Waals surface area contributed by atoms with Gasteiger partial charge < -0.3 is 30.3 Å². The summed E-state index contributed by atoms with van der Waals surface area (Å²) in [5, 5.41) is 44.7. The third kappa shape index (κ3) is 6.97. The van der Waals surface area contributed by atoms with Gasteiger partial charge in [-0.1, -0.05) is 52.4 Å². The molecule has 0 aromatic heterocycles. The molecule has 0 aromatic carbocycles. The summed E-state index contributed by atoms with van der Waals surface area (Å²) in [6.45, 7) is 3.99. The second kappa shape index (κ2) is 11.4. The van der Waals surface area contributed by atoms with Crippen LogP contribution in [0, 0.1) is 0 Å². The highest BCUT2D eigenvalue weighted by Gasteiger charge is 2.42. The second-order valence-electron chi connectivity index (χ2n) is 5.13. The summed E-state index contributed by atoms with van der Waals surface area (Å²) in [5.74, 6) is 0. The molecule has 1 fully saturated rings. The average Bonchev–Trinajstić information content (AvgIpc) is 2.46. The summed E-state index contributed by atoms with van der Waals surface area (Å²) in [5.41, 5.74) is 0. The zero-order valence-corrected chi connectivity index (χ0v) is 12.5. The monoisotopic (exact) mass is 294 g/mol. The first kappa shape index (κ1) is 19.8. The van der Waals surface area contributed by atoms with Crippen LogP contribution in [0.5, 0.6) is 0 Å². The lowest BCUT2D eigenvalue weighted by Gasteiger charge is -2.37. The zero-order valence-electron chi connectivity index (χ0n) is 12.5. The number of unbranched alkanes of at least 4 members (excludes halogenated alkanes) is 5. The number of rotatable bonds is 6. The molecule has 1 rings (SSSR count). The van der Waals surface area contributed by atoms with Gasteiger partial charge in [0.25, 0.3) is 0 Å². The normalized spacial score (nSPS) is 33.5. The fourth-order valence-corrected chi connectivity index (χ4v) is 1.94. The number of aliphatic hydroxyl groups excluding tert-OH is 5. The van der Waals surface area contributed by atoms with Gasteiger partial charge in [0.15, 0.2) is 6.29 Å². The lowest BCUT2D eigenvalue weighted by atomic mass is 10.00. The molecule has 0 aromatic rings. The maximum Gasteiger partial charge on any atom is 0.184 e. The fraction of sp³-hybridized carbons (Fsp3) is 1.00. The first-order valence-corrected chi connectivity index (χ1v) is 7.48. The van der Waals surface area contributed by atoms with E-state index >= 15 is 0 Å². The van der Waals surface area contributed by atoms with Crippen LogP contribution in [0.15, 0.2) is 0 Å². The number of hydrogen-bond donors (Lipinski definition) is 5. The van der Waals surface area contributed by atoms with Gasteiger partial charge in [0, 0.05) is 0 Å². The van der Waals surface area contributed by atoms with Gasteiger partial charge in [-0.2, -0.15) is 0 Å². The Labute approximate surface area is 121 Å². The molecule has 1 heterocycles. The highest BCUT2D eigenvalue weighted by molar-refractivity contribution is 4.87. The smallest absolute Gasteiger partial charge is 0.184 e. The van der Waals surface area contributed by atoms with Gasteiger partial charge in [0.05, 0.1) is 6.61 Å². The van der Waals surface area contributed by atoms with Crippen molar-refractivity contribution in [1.82, 2.24) is 0 Å². The van der Waals surface area contributed by atoms with E-state index < -0.39 is 37.3 Å². The van der Waals surface area contributed by atoms with Gasteiger partial charge in [0.1, 0.15) is 24.4 Å². The molecule has 6 heteroatoms. The quantitative estimate of drug-likeness (QED) is 0.446. The van der Waals surface area contributed by atoms with Gasteiger partial charge in [-0.05, 0) is 0 Å². The summed E-state index contributed by atoms with van der Waals surface area (Å²) < 4.78 is 4.58. The molecular formula is C14H30O6. The average molecular weight is 294 g/mol. The van der Waals surface area contributed by atoms with Crippen molar-refractivity contribution in [2.75, 3.05) is 6.61 Å². The van der Waals surface area contributed by atoms with Crippen molar-refractivity contribution in [1.29, 1.82) is 0 Å². The van der Waals surface area contributed by atoms with Crippen LogP contribution in [0.3, 0.4) is 0 Å². The molecule has 0 amide bonds. The van der Waals surface area contributed by atoms with Crippen molar-refractivity contribution in [3.8, 4) is 0 Å². The molecule has 0 aliphatic carbocycles. The Bertz CT molecular complexity index is 215. The SMILES string of the molecule is CCCCCCCC.OC[C@H]1OC(O)[C@H](O)[C@@H](O)[C@@H]1O. The minimum Gasteiger partial charge on any atom is -0.394 e. The summed E-state index contributed by atoms with van der Waals surface area (Å²) in [4.78, 5) is 0. The summed E-state index contributed by atoms with van der Waals surface area (Å²) in [6.07, 6.45) is 1.45. The Hall–Kier alpha value is -0.240. The molecule has 122 valence electrons. The Morgan fingerprint density at radius 2 is 1.25 bits per heavy atom. The van der Waals surface area contributed by atoms with E-state index in [1.807, 2.05) is 0 Å². The summed E-state index contributed by atoms with van der Waals surface area (Å²) in [6, 6.07) is 0. The predicted octanol–water partition coefficient (Wildman–Crippen LogP) is 0.145. The molecule has 5 N–H and O–H groups in total. The van der Waals surface area contributed by atoms with E-state index in [9.17, 15) is 0 Å². The highest BCUT2D eigenvalue weighted by atomic mass is 16.6. The second-order valence-corrected chi connectivity index (χ2v) is 5.13. The number of ether oxygens (including phenoxy) is 1. The molecule has 0 radical (unpaired) electrons. The van der Waals surface area contributed by atoms with Gasteiger partial charge in [-0.3, -0.25) is 0 Å². The summed E-state index contributed by atoms with van der Waals surface area (Å²) in [7, 11) is 0. The van der Waals surface area contributed by atoms with Gasteiger partial charge >= 0.3 is 0 Å². The zero-order chi connectivity index (χ0) is 15.5. The van der Waals surface area contributed by atoms with Crippen LogP contribution in [0.4, 0.5) is 0 Å². The molecule has 1 aliphatic heterocycles. The molecule has 1 aliphatic rings. The highest BCUT2D eigenvalue weighted by Crippen LogP contribution is 2.18. The van der Waals surface area contributed by atoms with E-state index in [-0.39, 0.29) is 0 Å². The standard InChI is InChI=1S/C8H18.C6H12O6/c1-3-5-7-8-6-4-2;7-1-2-3(8)4(9)5(10)6(11)12-2/h3-8H2,1-2H3;2-11H,1H2/t;2-,3-,4+,5-,6?/m.1/s1. The summed E-state index contributed by atoms with van der Waals surface area (Å²) >= 11 is 0. The Balaban J connectivity index is 0.000000396. The molecular weight excluding hydrogens is 264 g/mol. The van der Waals surface area contributed by atoms with E-state index in [2.05, 4.69) is 18.6 Å². The van der Waals surface area contributed by atoms with Crippen LogP contribution < -0.4 is 0 Å². The Morgan fingerprint density at radius 1 is 0.750 bits per heavy atom. The Kier molecular flexibility index (Phi) is 11.3. The molecule has 1 saturated heterocycles. The third-order valence-corrected chi connectivity index (χ3v) is 3.32. The molecule has 0 saturated carbocycles. The van der Waals surface area contributed by atoms with Gasteiger partial charge in [-0.15, -0.1) is 0 Å². The van der Waals surface area contributed by atoms with Crippen molar-refractivity contribution in [2.45, 2.75) is 83.1 Å². The molecule has 1 unspecified atom stereocenters. The van der Waals surface area contributed by atoms with Gasteiger partial charge in [0.2, 0.25) is 0 Å². The lowest BCUT2D eigenvalue weighted by molar-refractivity contribution is -0.286. The minimum absolute atomic E-state index is 0.526.